The molecule has 3 aliphatic rings. The molecule has 208 valence electrons. The monoisotopic (exact) mass is 542 g/mol. The molecule has 1 aliphatic carbocycles. The zero-order valence-electron chi connectivity index (χ0n) is 21.8. The number of ether oxygens (including phenoxy) is 3. The van der Waals surface area contributed by atoms with Gasteiger partial charge in [0.05, 0.1) is 43.4 Å². The van der Waals surface area contributed by atoms with Gasteiger partial charge in [-0.2, -0.15) is 9.97 Å². The van der Waals surface area contributed by atoms with Crippen LogP contribution in [0.2, 0.25) is 0 Å². The number of likely N-dealkylation sites (tertiary alicyclic amines) is 1. The van der Waals surface area contributed by atoms with Crippen LogP contribution in [0.3, 0.4) is 0 Å². The molecule has 2 aliphatic heterocycles. The van der Waals surface area contributed by atoms with E-state index < -0.39 is 12.2 Å². The number of morpholine rings is 1. The molecule has 2 saturated heterocycles. The fraction of sp³-hybridized carbons (Fsp3) is 0.556. The van der Waals surface area contributed by atoms with E-state index in [0.717, 1.165) is 25.7 Å². The lowest BCUT2D eigenvalue weighted by molar-refractivity contribution is -0.146. The van der Waals surface area contributed by atoms with E-state index in [-0.39, 0.29) is 35.7 Å². The summed E-state index contributed by atoms with van der Waals surface area (Å²) in [4.78, 5) is 30.2. The number of nitrogens with zero attached hydrogens (tertiary/aromatic N) is 6. The van der Waals surface area contributed by atoms with Gasteiger partial charge in [-0.05, 0) is 37.8 Å². The Balaban J connectivity index is 1.24. The molecule has 3 fully saturated rings. The van der Waals surface area contributed by atoms with Crippen molar-refractivity contribution in [3.8, 4) is 11.7 Å². The lowest BCUT2D eigenvalue weighted by Gasteiger charge is -2.41. The topological polar surface area (TPSA) is 94.8 Å². The molecule has 2 aromatic heterocycles. The van der Waals surface area contributed by atoms with Gasteiger partial charge in [0.15, 0.2) is 5.82 Å². The van der Waals surface area contributed by atoms with Crippen molar-refractivity contribution in [3.63, 3.8) is 0 Å². The number of hydrogen-bond acceptors (Lipinski definition) is 8. The van der Waals surface area contributed by atoms with Crippen molar-refractivity contribution in [1.82, 2.24) is 24.4 Å². The van der Waals surface area contributed by atoms with Crippen LogP contribution in [-0.2, 0) is 14.3 Å². The maximum absolute atomic E-state index is 14.1. The minimum atomic E-state index is -2.80. The normalized spacial score (nSPS) is 22.4. The second kappa shape index (κ2) is 11.0. The maximum Gasteiger partial charge on any atom is 0.296 e. The molecule has 0 spiro atoms. The van der Waals surface area contributed by atoms with Crippen molar-refractivity contribution in [2.45, 2.75) is 44.3 Å². The Morgan fingerprint density at radius 1 is 1.03 bits per heavy atom. The molecule has 3 aromatic rings. The summed E-state index contributed by atoms with van der Waals surface area (Å²) < 4.78 is 46.6. The Bertz CT molecular complexity index is 1320. The highest BCUT2D eigenvalue weighted by atomic mass is 19.3. The molecule has 0 radical (unpaired) electrons. The average Bonchev–Trinajstić information content (AvgIpc) is 3.35. The summed E-state index contributed by atoms with van der Waals surface area (Å²) in [7, 11) is 1.72. The van der Waals surface area contributed by atoms with Crippen LogP contribution >= 0.6 is 0 Å². The van der Waals surface area contributed by atoms with Gasteiger partial charge in [-0.25, -0.2) is 13.8 Å². The van der Waals surface area contributed by atoms with Gasteiger partial charge in [-0.1, -0.05) is 12.1 Å². The van der Waals surface area contributed by atoms with Crippen LogP contribution in [0.1, 0.15) is 37.9 Å². The molecule has 4 heterocycles. The summed E-state index contributed by atoms with van der Waals surface area (Å²) in [5.74, 6) is 0.708. The van der Waals surface area contributed by atoms with Crippen molar-refractivity contribution in [3.05, 3.63) is 36.2 Å². The molecule has 6 rings (SSSR count). The van der Waals surface area contributed by atoms with Gasteiger partial charge in [0.25, 0.3) is 6.43 Å². The highest BCUT2D eigenvalue weighted by Gasteiger charge is 2.37. The van der Waals surface area contributed by atoms with E-state index in [9.17, 15) is 13.6 Å². The van der Waals surface area contributed by atoms with Crippen LogP contribution in [0.5, 0.6) is 5.88 Å². The number of benzene rings is 1. The third-order valence-corrected chi connectivity index (χ3v) is 7.79. The first-order chi connectivity index (χ1) is 19.0. The number of hydrogen-bond donors (Lipinski definition) is 0. The number of para-hydroxylation sites is 2. The SMILES string of the molecule is CO[C@H]1CC[C@@H](C(=O)N2CC(Oc3cc(-n4c(C(F)F)nc5ccccc54)nc(N4CCOCC4)n3)C2)CC1. The minimum absolute atomic E-state index is 0.0261. The smallest absolute Gasteiger partial charge is 0.296 e. The first-order valence-electron chi connectivity index (χ1n) is 13.5. The lowest BCUT2D eigenvalue weighted by Crippen LogP contribution is -2.58. The second-order valence-corrected chi connectivity index (χ2v) is 10.3. The van der Waals surface area contributed by atoms with E-state index in [4.69, 9.17) is 14.2 Å². The van der Waals surface area contributed by atoms with Crippen molar-refractivity contribution >= 4 is 22.9 Å². The van der Waals surface area contributed by atoms with Gasteiger partial charge in [0.2, 0.25) is 17.7 Å². The molecule has 1 saturated carbocycles. The third-order valence-electron chi connectivity index (χ3n) is 7.79. The van der Waals surface area contributed by atoms with Gasteiger partial charge in [0, 0.05) is 32.2 Å². The summed E-state index contributed by atoms with van der Waals surface area (Å²) in [5, 5.41) is 0. The molecular formula is C27H32F2N6O4. The molecule has 0 N–H and O–H groups in total. The van der Waals surface area contributed by atoms with Crippen LogP contribution in [0, 0.1) is 5.92 Å². The predicted molar refractivity (Wildman–Crippen MR) is 138 cm³/mol. The molecule has 0 bridgehead atoms. The van der Waals surface area contributed by atoms with Crippen LogP contribution < -0.4 is 9.64 Å². The number of carbonyl (C=O) groups excluding carboxylic acids is 1. The predicted octanol–water partition coefficient (Wildman–Crippen LogP) is 3.38. The number of anilines is 1. The number of amides is 1. The number of imidazole rings is 1. The van der Waals surface area contributed by atoms with Crippen molar-refractivity contribution < 1.29 is 27.8 Å². The molecule has 10 nitrogen and oxygen atoms in total. The summed E-state index contributed by atoms with van der Waals surface area (Å²) >= 11 is 0. The number of aromatic nitrogens is 4. The Morgan fingerprint density at radius 3 is 2.49 bits per heavy atom. The maximum atomic E-state index is 14.1. The third kappa shape index (κ3) is 5.27. The van der Waals surface area contributed by atoms with Crippen molar-refractivity contribution in [2.24, 2.45) is 5.92 Å². The largest absolute Gasteiger partial charge is 0.470 e. The van der Waals surface area contributed by atoms with Crippen molar-refractivity contribution in [1.29, 1.82) is 0 Å². The Morgan fingerprint density at radius 2 is 1.77 bits per heavy atom. The molecule has 0 unspecified atom stereocenters. The quantitative estimate of drug-likeness (QED) is 0.449. The Hall–Kier alpha value is -3.38. The zero-order valence-corrected chi connectivity index (χ0v) is 21.8. The zero-order chi connectivity index (χ0) is 26.9. The summed E-state index contributed by atoms with van der Waals surface area (Å²) in [6.45, 7) is 3.12. The summed E-state index contributed by atoms with van der Waals surface area (Å²) in [5.41, 5.74) is 0.975. The average molecular weight is 543 g/mol. The van der Waals surface area contributed by atoms with Crippen molar-refractivity contribution in [2.75, 3.05) is 51.4 Å². The fourth-order valence-electron chi connectivity index (χ4n) is 5.58. The number of alkyl halides is 2. The van der Waals surface area contributed by atoms with Crippen LogP contribution in [-0.4, -0.2) is 89.0 Å². The molecule has 1 amide bonds. The Kier molecular flexibility index (Phi) is 7.30. The fourth-order valence-corrected chi connectivity index (χ4v) is 5.58. The minimum Gasteiger partial charge on any atom is -0.470 e. The highest BCUT2D eigenvalue weighted by Crippen LogP contribution is 2.32. The van der Waals surface area contributed by atoms with Gasteiger partial charge in [0.1, 0.15) is 11.9 Å². The van der Waals surface area contributed by atoms with E-state index in [2.05, 4.69) is 15.0 Å². The molecule has 39 heavy (non-hydrogen) atoms. The molecule has 0 atom stereocenters. The second-order valence-electron chi connectivity index (χ2n) is 10.3. The van der Waals surface area contributed by atoms with Gasteiger partial charge in [-0.3, -0.25) is 9.36 Å². The van der Waals surface area contributed by atoms with E-state index >= 15 is 0 Å². The molecule has 1 aromatic carbocycles. The summed E-state index contributed by atoms with van der Waals surface area (Å²) in [6, 6.07) is 8.54. The number of fused-ring (bicyclic) bond motifs is 1. The standard InChI is InChI=1S/C27H32F2N6O4/c1-37-18-8-6-17(7-9-18)26(36)34-15-19(16-34)39-23-14-22(31-27(32-23)33-10-12-38-13-11-33)35-21-5-3-2-4-20(21)30-25(35)24(28)29/h2-5,14,17-19,24H,6-13,15-16H2,1H3/t17-,18+. The van der Waals surface area contributed by atoms with E-state index in [1.807, 2.05) is 9.80 Å². The molecular weight excluding hydrogens is 510 g/mol. The molecule has 12 heteroatoms. The van der Waals surface area contributed by atoms with Gasteiger partial charge < -0.3 is 24.0 Å². The van der Waals surface area contributed by atoms with Crippen LogP contribution in [0.4, 0.5) is 14.7 Å². The lowest BCUT2D eigenvalue weighted by atomic mass is 9.85. The number of halogens is 2. The van der Waals surface area contributed by atoms with Gasteiger partial charge in [-0.15, -0.1) is 0 Å². The van der Waals surface area contributed by atoms with E-state index in [0.29, 0.717) is 56.4 Å². The number of rotatable bonds is 7. The first-order valence-corrected chi connectivity index (χ1v) is 13.5. The number of carbonyl (C=O) groups is 1. The first kappa shape index (κ1) is 25.9. The Labute approximate surface area is 224 Å². The highest BCUT2D eigenvalue weighted by molar-refractivity contribution is 5.80. The van der Waals surface area contributed by atoms with Crippen LogP contribution in [0.15, 0.2) is 30.3 Å². The summed E-state index contributed by atoms with van der Waals surface area (Å²) in [6.07, 6.45) is 0.683. The van der Waals surface area contributed by atoms with E-state index in [1.165, 1.54) is 4.57 Å². The van der Waals surface area contributed by atoms with Crippen LogP contribution in [0.25, 0.3) is 16.9 Å². The van der Waals surface area contributed by atoms with Gasteiger partial charge >= 0.3 is 0 Å². The van der Waals surface area contributed by atoms with E-state index in [1.54, 1.807) is 37.4 Å². The number of methoxy groups -OCH3 is 1.